The number of nitrogens with zero attached hydrogens (tertiary/aromatic N) is 2. The van der Waals surface area contributed by atoms with Crippen molar-refractivity contribution < 1.29 is 32.2 Å². The van der Waals surface area contributed by atoms with Gasteiger partial charge in [-0.1, -0.05) is 0 Å². The van der Waals surface area contributed by atoms with Crippen LogP contribution in [-0.4, -0.2) is 41.8 Å². The Morgan fingerprint density at radius 2 is 1.33 bits per heavy atom. The number of ether oxygens (including phenoxy) is 2. The monoisotopic (exact) mass is 419 g/mol. The Labute approximate surface area is 155 Å². The molecule has 0 aliphatic carbocycles. The molecular formula is C14H19Cl2FeN3O4. The molecule has 7 nitrogen and oxygen atoms in total. The number of carbonyl (C=O) groups is 2. The van der Waals surface area contributed by atoms with Crippen molar-refractivity contribution in [2.24, 2.45) is 9.98 Å². The number of nitrogens with one attached hydrogen (secondary N) is 1. The van der Waals surface area contributed by atoms with Crippen LogP contribution in [0.3, 0.4) is 0 Å². The van der Waals surface area contributed by atoms with E-state index in [4.69, 9.17) is 29.7 Å². The van der Waals surface area contributed by atoms with Crippen molar-refractivity contribution in [2.45, 2.75) is 27.7 Å². The molecule has 2 amide bonds. The molecule has 0 radical (unpaired) electrons. The molecule has 0 aliphatic rings. The first-order valence-electron chi connectivity index (χ1n) is 6.88. The molecule has 10 heteroatoms. The Morgan fingerprint density at radius 3 is 1.62 bits per heavy atom. The van der Waals surface area contributed by atoms with E-state index >= 15 is 0 Å². The molecule has 0 aliphatic heterocycles. The van der Waals surface area contributed by atoms with Crippen LogP contribution in [0.25, 0.3) is 0 Å². The van der Waals surface area contributed by atoms with Gasteiger partial charge in [0.1, 0.15) is 0 Å². The molecule has 1 heterocycles. The number of amides is 2. The van der Waals surface area contributed by atoms with Gasteiger partial charge in [0.2, 0.25) is 0 Å². The van der Waals surface area contributed by atoms with E-state index in [0.717, 1.165) is 0 Å². The molecule has 0 saturated heterocycles. The van der Waals surface area contributed by atoms with E-state index in [2.05, 4.69) is 15.0 Å². The number of H-pyrrole nitrogens is 1. The molecule has 1 rings (SSSR count). The SMILES string of the molecule is CCOC(=O)/N=C(\C)c1ccc(/C(C)=N/C(=O)OCC)[nH]1.[Cl][Fe][Cl]. The topological polar surface area (TPSA) is 93.1 Å². The summed E-state index contributed by atoms with van der Waals surface area (Å²) in [7, 11) is 9.53. The van der Waals surface area contributed by atoms with Crippen LogP contribution in [0, 0.1) is 0 Å². The maximum atomic E-state index is 11.3. The minimum absolute atomic E-state index is 0.194. The first kappa shape index (κ1) is 22.7. The second-order valence-electron chi connectivity index (χ2n) is 4.13. The standard InChI is InChI=1S/C14H19N3O4.2ClH.Fe/c1-5-20-13(18)15-9(3)11-7-8-12(17-11)10(4)16-14(19)21-6-2;;;/h7-8,17H,5-6H2,1-4H3;2*1H;/q;;;+2/p-2/b15-9+,16-10+;;;. The van der Waals surface area contributed by atoms with Crippen LogP contribution in [0.2, 0.25) is 0 Å². The van der Waals surface area contributed by atoms with Crippen molar-refractivity contribution in [1.82, 2.24) is 4.98 Å². The third-order valence-corrected chi connectivity index (χ3v) is 2.52. The first-order valence-corrected chi connectivity index (χ1v) is 9.92. The molecule has 0 fully saturated rings. The number of hydrogen-bond acceptors (Lipinski definition) is 4. The quantitative estimate of drug-likeness (QED) is 0.580. The summed E-state index contributed by atoms with van der Waals surface area (Å²) in [6.45, 7) is 7.35. The fraction of sp³-hybridized carbons (Fsp3) is 0.429. The Morgan fingerprint density at radius 1 is 1.00 bits per heavy atom. The zero-order valence-corrected chi connectivity index (χ0v) is 16.3. The van der Waals surface area contributed by atoms with Crippen molar-refractivity contribution in [3.8, 4) is 0 Å². The van der Waals surface area contributed by atoms with E-state index < -0.39 is 12.2 Å². The molecule has 1 aromatic rings. The summed E-state index contributed by atoms with van der Waals surface area (Å²) in [6, 6.07) is 3.50. The van der Waals surface area contributed by atoms with Crippen LogP contribution >= 0.6 is 20.2 Å². The molecule has 1 N–H and O–H groups in total. The van der Waals surface area contributed by atoms with Crippen LogP contribution in [0.5, 0.6) is 0 Å². The molecule has 136 valence electrons. The molecule has 24 heavy (non-hydrogen) atoms. The van der Waals surface area contributed by atoms with Gasteiger partial charge in [0, 0.05) is 0 Å². The number of aromatic amines is 1. The minimum atomic E-state index is -0.636. The third kappa shape index (κ3) is 9.08. The van der Waals surface area contributed by atoms with Crippen LogP contribution in [0.15, 0.2) is 22.1 Å². The van der Waals surface area contributed by atoms with Crippen molar-refractivity contribution >= 4 is 43.8 Å². The number of aromatic nitrogens is 1. The molecule has 0 bridgehead atoms. The summed E-state index contributed by atoms with van der Waals surface area (Å²) in [4.78, 5) is 33.2. The number of rotatable bonds is 4. The number of carbonyl (C=O) groups excluding carboxylic acids is 2. The van der Waals surface area contributed by atoms with Crippen molar-refractivity contribution in [3.63, 3.8) is 0 Å². The molecule has 1 aromatic heterocycles. The van der Waals surface area contributed by atoms with Crippen molar-refractivity contribution in [2.75, 3.05) is 13.2 Å². The number of aliphatic imine (C=N–C) groups is 2. The summed E-state index contributed by atoms with van der Waals surface area (Å²) in [5.74, 6) is 0. The van der Waals surface area contributed by atoms with E-state index in [-0.39, 0.29) is 26.3 Å². The van der Waals surface area contributed by atoms with Gasteiger partial charge in [0.25, 0.3) is 0 Å². The molecule has 0 unspecified atom stereocenters. The molecule has 0 atom stereocenters. The summed E-state index contributed by atoms with van der Waals surface area (Å²) in [5, 5.41) is 0. The van der Waals surface area contributed by atoms with E-state index in [1.807, 2.05) is 0 Å². The maximum absolute atomic E-state index is 11.3. The van der Waals surface area contributed by atoms with E-state index in [1.165, 1.54) is 0 Å². The first-order chi connectivity index (χ1) is 11.4. The van der Waals surface area contributed by atoms with Gasteiger partial charge in [-0.2, -0.15) is 9.98 Å². The summed E-state index contributed by atoms with van der Waals surface area (Å²) in [5.41, 5.74) is 2.28. The summed E-state index contributed by atoms with van der Waals surface area (Å²) in [6.07, 6.45) is -1.27. The van der Waals surface area contributed by atoms with Crippen molar-refractivity contribution in [1.29, 1.82) is 0 Å². The average molecular weight is 420 g/mol. The van der Waals surface area contributed by atoms with Gasteiger partial charge in [-0.15, -0.1) is 0 Å². The number of halogens is 2. The van der Waals surface area contributed by atoms with Gasteiger partial charge >= 0.3 is 45.5 Å². The number of hydrogen-bond donors (Lipinski definition) is 1. The van der Waals surface area contributed by atoms with Crippen LogP contribution in [0.1, 0.15) is 39.1 Å². The van der Waals surface area contributed by atoms with Crippen molar-refractivity contribution in [3.05, 3.63) is 23.5 Å². The molecular weight excluding hydrogens is 401 g/mol. The Balaban J connectivity index is 0.00000163. The van der Waals surface area contributed by atoms with Gasteiger partial charge in [-0.05, 0) is 39.8 Å². The third-order valence-electron chi connectivity index (χ3n) is 2.52. The second-order valence-corrected chi connectivity index (χ2v) is 5.95. The molecule has 0 spiro atoms. The van der Waals surface area contributed by atoms with Gasteiger partial charge in [0.15, 0.2) is 0 Å². The Kier molecular flexibility index (Phi) is 12.3. The predicted octanol–water partition coefficient (Wildman–Crippen LogP) is 4.32. The average Bonchev–Trinajstić information content (AvgIpc) is 2.98. The van der Waals surface area contributed by atoms with Crippen LogP contribution in [-0.2, 0) is 22.6 Å². The zero-order valence-electron chi connectivity index (χ0n) is 13.7. The van der Waals surface area contributed by atoms with Crippen LogP contribution < -0.4 is 0 Å². The van der Waals surface area contributed by atoms with Gasteiger partial charge in [-0.25, -0.2) is 9.59 Å². The van der Waals surface area contributed by atoms with Gasteiger partial charge < -0.3 is 14.5 Å². The van der Waals surface area contributed by atoms with E-state index in [1.54, 1.807) is 39.8 Å². The predicted molar refractivity (Wildman–Crippen MR) is 91.0 cm³/mol. The zero-order chi connectivity index (χ0) is 18.5. The second kappa shape index (κ2) is 13.0. The normalized spacial score (nSPS) is 11.6. The summed E-state index contributed by atoms with van der Waals surface area (Å²) < 4.78 is 9.49. The van der Waals surface area contributed by atoms with E-state index in [0.29, 0.717) is 22.8 Å². The van der Waals surface area contributed by atoms with Gasteiger partial charge in [0.05, 0.1) is 36.0 Å². The van der Waals surface area contributed by atoms with Gasteiger partial charge in [-0.3, -0.25) is 0 Å². The molecule has 0 aromatic carbocycles. The Hall–Kier alpha value is -1.34. The van der Waals surface area contributed by atoms with Crippen LogP contribution in [0.4, 0.5) is 9.59 Å². The van der Waals surface area contributed by atoms with E-state index in [9.17, 15) is 9.59 Å². The fourth-order valence-electron chi connectivity index (χ4n) is 1.52. The Bertz CT molecular complexity index is 554. The summed E-state index contributed by atoms with van der Waals surface area (Å²) >= 11 is 0.194. The molecule has 0 saturated carbocycles. The fourth-order valence-corrected chi connectivity index (χ4v) is 1.52.